The lowest BCUT2D eigenvalue weighted by molar-refractivity contribution is 0.145. The van der Waals surface area contributed by atoms with Crippen LogP contribution in [0.4, 0.5) is 0 Å². The van der Waals surface area contributed by atoms with Gasteiger partial charge in [-0.15, -0.1) is 11.3 Å². The van der Waals surface area contributed by atoms with E-state index in [1.165, 1.54) is 11.3 Å². The van der Waals surface area contributed by atoms with Crippen molar-refractivity contribution in [1.29, 1.82) is 0 Å². The Morgan fingerprint density at radius 3 is 2.84 bits per heavy atom. The third-order valence-electron chi connectivity index (χ3n) is 3.40. The van der Waals surface area contributed by atoms with Gasteiger partial charge in [0.2, 0.25) is 0 Å². The van der Waals surface area contributed by atoms with Crippen LogP contribution in [-0.4, -0.2) is 17.8 Å². The lowest BCUT2D eigenvalue weighted by Gasteiger charge is -2.18. The largest absolute Gasteiger partial charge is 0.467 e. The highest BCUT2D eigenvalue weighted by Gasteiger charge is 2.30. The average Bonchev–Trinajstić information content (AvgIpc) is 2.95. The molecule has 2 aromatic heterocycles. The van der Waals surface area contributed by atoms with Crippen LogP contribution in [0.15, 0.2) is 34.9 Å². The second kappa shape index (κ2) is 5.67. The minimum atomic E-state index is -0.270. The highest BCUT2D eigenvalue weighted by Crippen LogP contribution is 2.34. The molecular weight excluding hydrogens is 282 g/mol. The van der Waals surface area contributed by atoms with E-state index in [-0.39, 0.29) is 12.1 Å². The van der Waals surface area contributed by atoms with Crippen LogP contribution in [0.2, 0.25) is 4.34 Å². The van der Waals surface area contributed by atoms with E-state index < -0.39 is 0 Å². The summed E-state index contributed by atoms with van der Waals surface area (Å²) in [5.41, 5.74) is 0. The molecule has 0 saturated heterocycles. The van der Waals surface area contributed by atoms with Gasteiger partial charge in [-0.25, -0.2) is 0 Å². The Labute approximate surface area is 121 Å². The maximum absolute atomic E-state index is 9.97. The second-order valence-corrected chi connectivity index (χ2v) is 6.65. The first kappa shape index (κ1) is 13.2. The molecule has 0 bridgehead atoms. The van der Waals surface area contributed by atoms with E-state index in [0.29, 0.717) is 12.5 Å². The smallest absolute Gasteiger partial charge is 0.126 e. The standard InChI is InChI=1S/C14H16ClNO2S/c15-13-6-5-12(19-13)14(11-2-1-7-18-11)16-8-10(17)9-3-4-9/h1-2,5-7,9-10,14,16-17H,3-4,8H2. The van der Waals surface area contributed by atoms with Gasteiger partial charge in [0.05, 0.1) is 16.7 Å². The minimum absolute atomic E-state index is 0.0408. The molecule has 1 fully saturated rings. The molecule has 3 rings (SSSR count). The normalized spacial score (nSPS) is 18.4. The summed E-state index contributed by atoms with van der Waals surface area (Å²) in [6.07, 6.45) is 3.67. The van der Waals surface area contributed by atoms with Gasteiger partial charge in [0, 0.05) is 11.4 Å². The van der Waals surface area contributed by atoms with E-state index in [1.807, 2.05) is 24.3 Å². The predicted molar refractivity (Wildman–Crippen MR) is 76.6 cm³/mol. The molecule has 2 N–H and O–H groups in total. The number of thiophene rings is 1. The molecule has 0 aromatic carbocycles. The molecule has 5 heteroatoms. The summed E-state index contributed by atoms with van der Waals surface area (Å²) >= 11 is 7.53. The zero-order valence-corrected chi connectivity index (χ0v) is 12.0. The first-order valence-corrected chi connectivity index (χ1v) is 7.63. The molecular formula is C14H16ClNO2S. The van der Waals surface area contributed by atoms with E-state index in [9.17, 15) is 5.11 Å². The Bertz CT molecular complexity index is 521. The van der Waals surface area contributed by atoms with Crippen LogP contribution in [-0.2, 0) is 0 Å². The summed E-state index contributed by atoms with van der Waals surface area (Å²) in [6, 6.07) is 7.65. The van der Waals surface area contributed by atoms with Crippen molar-refractivity contribution in [3.05, 3.63) is 45.5 Å². The van der Waals surface area contributed by atoms with Gasteiger partial charge in [0.15, 0.2) is 0 Å². The molecule has 1 aliphatic rings. The Hall–Kier alpha value is -0.810. The highest BCUT2D eigenvalue weighted by atomic mass is 35.5. The molecule has 2 heterocycles. The minimum Gasteiger partial charge on any atom is -0.467 e. The van der Waals surface area contributed by atoms with Crippen molar-refractivity contribution in [2.45, 2.75) is 25.0 Å². The number of rotatable bonds is 6. The first-order valence-electron chi connectivity index (χ1n) is 6.44. The van der Waals surface area contributed by atoms with E-state index in [4.69, 9.17) is 16.0 Å². The van der Waals surface area contributed by atoms with Crippen LogP contribution in [0.3, 0.4) is 0 Å². The number of furan rings is 1. The van der Waals surface area contributed by atoms with Gasteiger partial charge < -0.3 is 14.8 Å². The van der Waals surface area contributed by atoms with Crippen molar-refractivity contribution in [2.24, 2.45) is 5.92 Å². The molecule has 0 aliphatic heterocycles. The van der Waals surface area contributed by atoms with Crippen molar-refractivity contribution < 1.29 is 9.52 Å². The molecule has 1 aliphatic carbocycles. The number of hydrogen-bond acceptors (Lipinski definition) is 4. The summed E-state index contributed by atoms with van der Waals surface area (Å²) in [7, 11) is 0. The quantitative estimate of drug-likeness (QED) is 0.858. The fourth-order valence-electron chi connectivity index (χ4n) is 2.17. The number of aliphatic hydroxyl groups excluding tert-OH is 1. The highest BCUT2D eigenvalue weighted by molar-refractivity contribution is 7.16. The zero-order valence-electron chi connectivity index (χ0n) is 10.4. The molecule has 0 amide bonds. The molecule has 102 valence electrons. The zero-order chi connectivity index (χ0) is 13.2. The van der Waals surface area contributed by atoms with Crippen molar-refractivity contribution >= 4 is 22.9 Å². The molecule has 3 nitrogen and oxygen atoms in total. The van der Waals surface area contributed by atoms with E-state index in [2.05, 4.69) is 5.32 Å². The summed E-state index contributed by atoms with van der Waals surface area (Å²) in [4.78, 5) is 1.10. The van der Waals surface area contributed by atoms with Gasteiger partial charge >= 0.3 is 0 Å². The second-order valence-electron chi connectivity index (χ2n) is 4.90. The number of nitrogens with one attached hydrogen (secondary N) is 1. The van der Waals surface area contributed by atoms with Crippen LogP contribution in [0, 0.1) is 5.92 Å². The summed E-state index contributed by atoms with van der Waals surface area (Å²) in [5.74, 6) is 1.32. The van der Waals surface area contributed by atoms with Crippen LogP contribution < -0.4 is 5.32 Å². The summed E-state index contributed by atoms with van der Waals surface area (Å²) < 4.78 is 6.25. The third kappa shape index (κ3) is 3.20. The van der Waals surface area contributed by atoms with Gasteiger partial charge in [0.25, 0.3) is 0 Å². The number of aliphatic hydroxyl groups is 1. The van der Waals surface area contributed by atoms with E-state index >= 15 is 0 Å². The summed E-state index contributed by atoms with van der Waals surface area (Å²) in [5, 5.41) is 13.4. The third-order valence-corrected chi connectivity index (χ3v) is 4.70. The Balaban J connectivity index is 1.72. The van der Waals surface area contributed by atoms with Crippen molar-refractivity contribution in [2.75, 3.05) is 6.54 Å². The fourth-order valence-corrected chi connectivity index (χ4v) is 3.31. The monoisotopic (exact) mass is 297 g/mol. The Kier molecular flexibility index (Phi) is 3.93. The van der Waals surface area contributed by atoms with Gasteiger partial charge in [-0.3, -0.25) is 0 Å². The first-order chi connectivity index (χ1) is 9.24. The van der Waals surface area contributed by atoms with Crippen LogP contribution in [0.5, 0.6) is 0 Å². The van der Waals surface area contributed by atoms with Crippen LogP contribution in [0.1, 0.15) is 29.5 Å². The average molecular weight is 298 g/mol. The topological polar surface area (TPSA) is 45.4 Å². The van der Waals surface area contributed by atoms with Crippen molar-refractivity contribution in [3.63, 3.8) is 0 Å². The molecule has 2 unspecified atom stereocenters. The maximum atomic E-state index is 9.97. The van der Waals surface area contributed by atoms with Crippen LogP contribution >= 0.6 is 22.9 Å². The van der Waals surface area contributed by atoms with Crippen LogP contribution in [0.25, 0.3) is 0 Å². The molecule has 0 radical (unpaired) electrons. The Morgan fingerprint density at radius 1 is 1.42 bits per heavy atom. The van der Waals surface area contributed by atoms with E-state index in [0.717, 1.165) is 27.8 Å². The molecule has 2 aromatic rings. The van der Waals surface area contributed by atoms with Gasteiger partial charge in [-0.2, -0.15) is 0 Å². The molecule has 0 spiro atoms. The van der Waals surface area contributed by atoms with Gasteiger partial charge in [0.1, 0.15) is 11.8 Å². The van der Waals surface area contributed by atoms with Crippen molar-refractivity contribution in [3.8, 4) is 0 Å². The molecule has 19 heavy (non-hydrogen) atoms. The van der Waals surface area contributed by atoms with Gasteiger partial charge in [-0.05, 0) is 43.0 Å². The molecule has 2 atom stereocenters. The van der Waals surface area contributed by atoms with E-state index in [1.54, 1.807) is 6.26 Å². The van der Waals surface area contributed by atoms with Crippen molar-refractivity contribution in [1.82, 2.24) is 5.32 Å². The lowest BCUT2D eigenvalue weighted by Crippen LogP contribution is -2.31. The maximum Gasteiger partial charge on any atom is 0.126 e. The fraction of sp³-hybridized carbons (Fsp3) is 0.429. The summed E-state index contributed by atoms with van der Waals surface area (Å²) in [6.45, 7) is 0.575. The Morgan fingerprint density at radius 2 is 2.26 bits per heavy atom. The van der Waals surface area contributed by atoms with Gasteiger partial charge in [-0.1, -0.05) is 11.6 Å². The SMILES string of the molecule is OC(CNC(c1ccco1)c1ccc(Cl)s1)C1CC1. The predicted octanol–water partition coefficient (Wildman–Crippen LogP) is 3.44. The number of halogens is 1. The lowest BCUT2D eigenvalue weighted by atomic mass is 10.1. The molecule has 1 saturated carbocycles. The number of hydrogen-bond donors (Lipinski definition) is 2.